The minimum absolute atomic E-state index is 0.00793. The number of benzene rings is 3. The summed E-state index contributed by atoms with van der Waals surface area (Å²) in [7, 11) is -4.17. The van der Waals surface area contributed by atoms with E-state index in [1.54, 1.807) is 69.3 Å². The van der Waals surface area contributed by atoms with Crippen molar-refractivity contribution in [1.29, 1.82) is 0 Å². The van der Waals surface area contributed by atoms with Crippen LogP contribution in [0.25, 0.3) is 0 Å². The zero-order valence-corrected chi connectivity index (χ0v) is 24.2. The highest BCUT2D eigenvalue weighted by atomic mass is 35.5. The molecule has 1 atom stereocenters. The number of hydrogen-bond donors (Lipinski definition) is 1. The van der Waals surface area contributed by atoms with Gasteiger partial charge in [-0.05, 0) is 68.3 Å². The van der Waals surface area contributed by atoms with Crippen LogP contribution in [0.3, 0.4) is 0 Å². The number of amides is 2. The summed E-state index contributed by atoms with van der Waals surface area (Å²) in [6.07, 6.45) is 0. The molecule has 1 N–H and O–H groups in total. The third kappa shape index (κ3) is 6.99. The van der Waals surface area contributed by atoms with E-state index in [1.165, 1.54) is 23.1 Å². The van der Waals surface area contributed by atoms with Gasteiger partial charge in [0.05, 0.1) is 10.6 Å². The number of anilines is 1. The first-order valence-corrected chi connectivity index (χ1v) is 14.4. The number of rotatable bonds is 10. The van der Waals surface area contributed by atoms with Gasteiger partial charge in [0.1, 0.15) is 12.6 Å². The Kier molecular flexibility index (Phi) is 10.1. The van der Waals surface area contributed by atoms with Gasteiger partial charge in [-0.3, -0.25) is 13.9 Å². The first kappa shape index (κ1) is 29.8. The van der Waals surface area contributed by atoms with Crippen LogP contribution in [0.5, 0.6) is 0 Å². The third-order valence-corrected chi connectivity index (χ3v) is 8.71. The lowest BCUT2D eigenvalue weighted by molar-refractivity contribution is -0.139. The molecule has 3 aromatic rings. The predicted molar refractivity (Wildman–Crippen MR) is 152 cm³/mol. The van der Waals surface area contributed by atoms with Gasteiger partial charge in [-0.15, -0.1) is 0 Å². The van der Waals surface area contributed by atoms with Gasteiger partial charge in [0, 0.05) is 28.2 Å². The van der Waals surface area contributed by atoms with Crippen molar-refractivity contribution in [3.8, 4) is 0 Å². The number of carbonyl (C=O) groups excluding carboxylic acids is 2. The van der Waals surface area contributed by atoms with Gasteiger partial charge in [-0.25, -0.2) is 8.42 Å². The van der Waals surface area contributed by atoms with E-state index in [0.29, 0.717) is 27.2 Å². The van der Waals surface area contributed by atoms with Crippen LogP contribution in [-0.2, 0) is 26.2 Å². The van der Waals surface area contributed by atoms with Gasteiger partial charge >= 0.3 is 0 Å². The predicted octanol–water partition coefficient (Wildman–Crippen LogP) is 5.70. The van der Waals surface area contributed by atoms with Gasteiger partial charge in [-0.2, -0.15) is 0 Å². The fourth-order valence-electron chi connectivity index (χ4n) is 3.72. The topological polar surface area (TPSA) is 86.8 Å². The van der Waals surface area contributed by atoms with Crippen LogP contribution in [0, 0.1) is 6.92 Å². The Labute approximate surface area is 238 Å². The smallest absolute Gasteiger partial charge is 0.264 e. The lowest BCUT2D eigenvalue weighted by Crippen LogP contribution is -2.51. The third-order valence-electron chi connectivity index (χ3n) is 5.93. The van der Waals surface area contributed by atoms with Crippen LogP contribution in [-0.4, -0.2) is 44.3 Å². The molecule has 0 saturated carbocycles. The second kappa shape index (κ2) is 12.8. The zero-order chi connectivity index (χ0) is 28.0. The molecule has 1 unspecified atom stereocenters. The first-order valence-electron chi connectivity index (χ1n) is 11.8. The number of likely N-dealkylation sites (N-methyl/N-ethyl adjacent to an activating group) is 1. The van der Waals surface area contributed by atoms with E-state index < -0.39 is 28.5 Å². The lowest BCUT2D eigenvalue weighted by Gasteiger charge is -2.32. The highest BCUT2D eigenvalue weighted by molar-refractivity contribution is 7.92. The molecule has 38 heavy (non-hydrogen) atoms. The Morgan fingerprint density at radius 2 is 1.63 bits per heavy atom. The molecule has 0 spiro atoms. The molecule has 11 heteroatoms. The normalized spacial score (nSPS) is 12.1. The molecular weight excluding hydrogens is 569 g/mol. The Hall–Kier alpha value is -2.78. The number of hydrogen-bond acceptors (Lipinski definition) is 4. The molecule has 0 aliphatic carbocycles. The maximum absolute atomic E-state index is 13.8. The van der Waals surface area contributed by atoms with E-state index in [4.69, 9.17) is 34.8 Å². The molecule has 0 fully saturated rings. The number of halogens is 3. The highest BCUT2D eigenvalue weighted by Gasteiger charge is 2.32. The lowest BCUT2D eigenvalue weighted by atomic mass is 10.1. The fraction of sp³-hybridized carbons (Fsp3) is 0.259. The highest BCUT2D eigenvalue weighted by Crippen LogP contribution is 2.29. The Morgan fingerprint density at radius 3 is 2.24 bits per heavy atom. The van der Waals surface area contributed by atoms with Crippen LogP contribution in [0.4, 0.5) is 5.69 Å². The van der Waals surface area contributed by atoms with Crippen molar-refractivity contribution in [2.45, 2.75) is 38.3 Å². The first-order chi connectivity index (χ1) is 17.9. The molecule has 0 saturated heterocycles. The summed E-state index contributed by atoms with van der Waals surface area (Å²) in [6, 6.07) is 16.5. The molecule has 3 aromatic carbocycles. The fourth-order valence-corrected chi connectivity index (χ4v) is 5.79. The Bertz CT molecular complexity index is 1420. The number of sulfonamides is 1. The van der Waals surface area contributed by atoms with Crippen LogP contribution >= 0.6 is 34.8 Å². The molecular formula is C27H28Cl3N3O4S. The maximum atomic E-state index is 13.8. The summed E-state index contributed by atoms with van der Waals surface area (Å²) >= 11 is 18.7. The SMILES string of the molecule is CCNC(=O)C(C)N(Cc1ccc(Cl)cc1Cl)C(=O)CN(c1ccc(C)c(Cl)c1)S(=O)(=O)c1ccccc1. The second-order valence-corrected chi connectivity index (χ2v) is 11.7. The van der Waals surface area contributed by atoms with E-state index in [-0.39, 0.29) is 23.0 Å². The van der Waals surface area contributed by atoms with Crippen molar-refractivity contribution >= 4 is 62.3 Å². The van der Waals surface area contributed by atoms with Crippen molar-refractivity contribution in [2.75, 3.05) is 17.4 Å². The summed E-state index contributed by atoms with van der Waals surface area (Å²) in [5.41, 5.74) is 1.52. The number of carbonyl (C=O) groups is 2. The molecule has 0 aliphatic heterocycles. The summed E-state index contributed by atoms with van der Waals surface area (Å²) in [5.74, 6) is -0.993. The molecule has 0 radical (unpaired) electrons. The van der Waals surface area contributed by atoms with E-state index in [9.17, 15) is 18.0 Å². The van der Waals surface area contributed by atoms with Gasteiger partial charge in [0.25, 0.3) is 10.0 Å². The summed E-state index contributed by atoms with van der Waals surface area (Å²) < 4.78 is 28.5. The van der Waals surface area contributed by atoms with E-state index in [0.717, 1.165) is 9.87 Å². The van der Waals surface area contributed by atoms with Crippen molar-refractivity contribution < 1.29 is 18.0 Å². The standard InChI is InChI=1S/C27H28Cl3N3O4S/c1-4-31-27(35)19(3)32(16-20-11-12-21(28)14-25(20)30)26(34)17-33(22-13-10-18(2)24(29)15-22)38(36,37)23-8-6-5-7-9-23/h5-15,19H,4,16-17H2,1-3H3,(H,31,35). The molecule has 3 rings (SSSR count). The number of nitrogens with zero attached hydrogens (tertiary/aromatic N) is 2. The van der Waals surface area contributed by atoms with Crippen LogP contribution in [0.1, 0.15) is 25.0 Å². The van der Waals surface area contributed by atoms with Crippen molar-refractivity contribution in [1.82, 2.24) is 10.2 Å². The molecule has 0 aromatic heterocycles. The van der Waals surface area contributed by atoms with Gasteiger partial charge in [0.15, 0.2) is 0 Å². The molecule has 7 nitrogen and oxygen atoms in total. The van der Waals surface area contributed by atoms with Gasteiger partial charge < -0.3 is 10.2 Å². The molecule has 0 aliphatic rings. The van der Waals surface area contributed by atoms with E-state index in [1.807, 2.05) is 0 Å². The quantitative estimate of drug-likeness (QED) is 0.325. The zero-order valence-electron chi connectivity index (χ0n) is 21.1. The minimum Gasteiger partial charge on any atom is -0.355 e. The molecule has 0 heterocycles. The molecule has 202 valence electrons. The van der Waals surface area contributed by atoms with Crippen LogP contribution in [0.2, 0.25) is 15.1 Å². The van der Waals surface area contributed by atoms with E-state index >= 15 is 0 Å². The number of aryl methyl sites for hydroxylation is 1. The van der Waals surface area contributed by atoms with Crippen molar-refractivity contribution in [2.24, 2.45) is 0 Å². The summed E-state index contributed by atoms with van der Waals surface area (Å²) in [5, 5.41) is 3.80. The Morgan fingerprint density at radius 1 is 0.947 bits per heavy atom. The monoisotopic (exact) mass is 595 g/mol. The average molecular weight is 597 g/mol. The summed E-state index contributed by atoms with van der Waals surface area (Å²) in [6.45, 7) is 4.88. The van der Waals surface area contributed by atoms with Crippen LogP contribution < -0.4 is 9.62 Å². The van der Waals surface area contributed by atoms with Gasteiger partial charge in [0.2, 0.25) is 11.8 Å². The van der Waals surface area contributed by atoms with Crippen molar-refractivity contribution in [3.63, 3.8) is 0 Å². The molecule has 2 amide bonds. The number of nitrogens with one attached hydrogen (secondary N) is 1. The largest absolute Gasteiger partial charge is 0.355 e. The second-order valence-electron chi connectivity index (χ2n) is 8.59. The summed E-state index contributed by atoms with van der Waals surface area (Å²) in [4.78, 5) is 27.9. The molecule has 0 bridgehead atoms. The average Bonchev–Trinajstić information content (AvgIpc) is 2.88. The maximum Gasteiger partial charge on any atom is 0.264 e. The van der Waals surface area contributed by atoms with E-state index in [2.05, 4.69) is 5.32 Å². The van der Waals surface area contributed by atoms with Gasteiger partial charge in [-0.1, -0.05) is 65.1 Å². The minimum atomic E-state index is -4.17. The van der Waals surface area contributed by atoms with Crippen LogP contribution in [0.15, 0.2) is 71.6 Å². The van der Waals surface area contributed by atoms with Crippen molar-refractivity contribution in [3.05, 3.63) is 92.9 Å². The Balaban J connectivity index is 2.06.